The van der Waals surface area contributed by atoms with E-state index in [1.807, 2.05) is 0 Å². The third kappa shape index (κ3) is 3.70. The molecule has 1 rings (SSSR count). The minimum Gasteiger partial charge on any atom is -0.480 e. The number of amides is 1. The summed E-state index contributed by atoms with van der Waals surface area (Å²) in [5.41, 5.74) is -0.473. The van der Waals surface area contributed by atoms with Crippen LogP contribution in [0.1, 0.15) is 30.1 Å². The maximum atomic E-state index is 12.9. The molecule has 0 bridgehead atoms. The Morgan fingerprint density at radius 2 is 1.79 bits per heavy atom. The van der Waals surface area contributed by atoms with Crippen LogP contribution in [0.15, 0.2) is 12.1 Å². The Balaban J connectivity index is 2.91. The van der Waals surface area contributed by atoms with Crippen LogP contribution in [0.3, 0.4) is 0 Å². The first-order valence-corrected chi connectivity index (χ1v) is 5.55. The summed E-state index contributed by atoms with van der Waals surface area (Å²) < 4.78 is 38.6. The van der Waals surface area contributed by atoms with E-state index in [9.17, 15) is 22.8 Å². The van der Waals surface area contributed by atoms with Crippen molar-refractivity contribution in [3.8, 4) is 0 Å². The molecule has 0 aromatic heterocycles. The number of rotatable bonds is 5. The van der Waals surface area contributed by atoms with E-state index >= 15 is 0 Å². The average Bonchev–Trinajstić information content (AvgIpc) is 2.34. The van der Waals surface area contributed by atoms with Gasteiger partial charge in [-0.05, 0) is 18.6 Å². The molecule has 1 aromatic rings. The van der Waals surface area contributed by atoms with Gasteiger partial charge in [-0.3, -0.25) is 4.79 Å². The summed E-state index contributed by atoms with van der Waals surface area (Å²) in [6, 6.07) is -0.134. The Hall–Kier alpha value is -2.05. The highest BCUT2D eigenvalue weighted by molar-refractivity contribution is 5.96. The number of carboxylic acids is 1. The smallest absolute Gasteiger partial charge is 0.326 e. The number of carboxylic acid groups (broad SMARTS) is 1. The second-order valence-electron chi connectivity index (χ2n) is 3.91. The molecule has 19 heavy (non-hydrogen) atoms. The first-order valence-electron chi connectivity index (χ1n) is 5.55. The molecule has 0 fully saturated rings. The van der Waals surface area contributed by atoms with Crippen molar-refractivity contribution in [3.05, 3.63) is 35.1 Å². The molecule has 0 spiro atoms. The van der Waals surface area contributed by atoms with Crippen LogP contribution in [0.4, 0.5) is 13.2 Å². The molecular formula is C12H12F3NO3. The van der Waals surface area contributed by atoms with Gasteiger partial charge in [-0.25, -0.2) is 18.0 Å². The second-order valence-corrected chi connectivity index (χ2v) is 3.91. The highest BCUT2D eigenvalue weighted by Crippen LogP contribution is 2.14. The molecule has 104 valence electrons. The molecular weight excluding hydrogens is 263 g/mol. The fourth-order valence-electron chi connectivity index (χ4n) is 1.47. The van der Waals surface area contributed by atoms with Gasteiger partial charge in [-0.1, -0.05) is 13.3 Å². The Bertz CT molecular complexity index is 482. The normalized spacial score (nSPS) is 12.0. The fourth-order valence-corrected chi connectivity index (χ4v) is 1.47. The molecule has 1 amide bonds. The molecule has 0 aliphatic carbocycles. The number of hydrogen-bond donors (Lipinski definition) is 2. The molecule has 1 aromatic carbocycles. The fraction of sp³-hybridized carbons (Fsp3) is 0.333. The first-order chi connectivity index (χ1) is 8.86. The van der Waals surface area contributed by atoms with Gasteiger partial charge in [-0.2, -0.15) is 0 Å². The zero-order valence-corrected chi connectivity index (χ0v) is 10.0. The molecule has 2 N–H and O–H groups in total. The molecule has 4 nitrogen and oxygen atoms in total. The van der Waals surface area contributed by atoms with E-state index in [2.05, 4.69) is 5.32 Å². The maximum Gasteiger partial charge on any atom is 0.326 e. The summed E-state index contributed by atoms with van der Waals surface area (Å²) in [5, 5.41) is 10.9. The van der Waals surface area contributed by atoms with Crippen LogP contribution >= 0.6 is 0 Å². The van der Waals surface area contributed by atoms with Crippen LogP contribution in [0.2, 0.25) is 0 Å². The van der Waals surface area contributed by atoms with Gasteiger partial charge in [0, 0.05) is 5.56 Å². The van der Waals surface area contributed by atoms with Gasteiger partial charge in [0.1, 0.15) is 6.04 Å². The number of nitrogens with one attached hydrogen (secondary N) is 1. The van der Waals surface area contributed by atoms with Crippen LogP contribution in [-0.4, -0.2) is 23.0 Å². The van der Waals surface area contributed by atoms with Gasteiger partial charge >= 0.3 is 5.97 Å². The van der Waals surface area contributed by atoms with E-state index in [0.29, 0.717) is 18.6 Å². The summed E-state index contributed by atoms with van der Waals surface area (Å²) in [6.45, 7) is 1.72. The standard InChI is InChI=1S/C12H12F3NO3/c1-2-3-9(12(18)19)16-11(17)6-4-7(13)10(15)8(14)5-6/h4-5,9H,2-3H2,1H3,(H,16,17)(H,18,19). The van der Waals surface area contributed by atoms with Gasteiger partial charge in [-0.15, -0.1) is 0 Å². The van der Waals surface area contributed by atoms with E-state index in [1.54, 1.807) is 6.92 Å². The third-order valence-electron chi connectivity index (χ3n) is 2.43. The molecule has 0 heterocycles. The number of carbonyl (C=O) groups excluding carboxylic acids is 1. The third-order valence-corrected chi connectivity index (χ3v) is 2.43. The molecule has 7 heteroatoms. The molecule has 0 saturated carbocycles. The van der Waals surface area contributed by atoms with Gasteiger partial charge in [0.2, 0.25) is 0 Å². The van der Waals surface area contributed by atoms with Crippen molar-refractivity contribution < 1.29 is 27.9 Å². The largest absolute Gasteiger partial charge is 0.480 e. The van der Waals surface area contributed by atoms with E-state index in [4.69, 9.17) is 5.11 Å². The Morgan fingerprint density at radius 3 is 2.21 bits per heavy atom. The number of hydrogen-bond acceptors (Lipinski definition) is 2. The first kappa shape index (κ1) is 15.0. The zero-order chi connectivity index (χ0) is 14.6. The van der Waals surface area contributed by atoms with Gasteiger partial charge < -0.3 is 10.4 Å². The lowest BCUT2D eigenvalue weighted by Gasteiger charge is -2.13. The Labute approximate surface area is 107 Å². The van der Waals surface area contributed by atoms with Crippen molar-refractivity contribution >= 4 is 11.9 Å². The van der Waals surface area contributed by atoms with Gasteiger partial charge in [0.15, 0.2) is 17.5 Å². The van der Waals surface area contributed by atoms with Gasteiger partial charge in [0.05, 0.1) is 0 Å². The van der Waals surface area contributed by atoms with E-state index in [0.717, 1.165) is 0 Å². The lowest BCUT2D eigenvalue weighted by Crippen LogP contribution is -2.40. The minimum absolute atomic E-state index is 0.174. The van der Waals surface area contributed by atoms with Crippen LogP contribution in [-0.2, 0) is 4.79 Å². The van der Waals surface area contributed by atoms with Crippen molar-refractivity contribution in [3.63, 3.8) is 0 Å². The molecule has 0 aliphatic rings. The topological polar surface area (TPSA) is 66.4 Å². The monoisotopic (exact) mass is 275 g/mol. The zero-order valence-electron chi connectivity index (χ0n) is 10.0. The summed E-state index contributed by atoms with van der Waals surface area (Å²) in [7, 11) is 0. The summed E-state index contributed by atoms with van der Waals surface area (Å²) in [4.78, 5) is 22.4. The SMILES string of the molecule is CCCC(NC(=O)c1cc(F)c(F)c(F)c1)C(=O)O. The molecule has 1 atom stereocenters. The predicted molar refractivity (Wildman–Crippen MR) is 60.1 cm³/mol. The summed E-state index contributed by atoms with van der Waals surface area (Å²) in [5.74, 6) is -6.92. The average molecular weight is 275 g/mol. The lowest BCUT2D eigenvalue weighted by molar-refractivity contribution is -0.139. The second kappa shape index (κ2) is 6.21. The van der Waals surface area contributed by atoms with Gasteiger partial charge in [0.25, 0.3) is 5.91 Å². The van der Waals surface area contributed by atoms with E-state index in [1.165, 1.54) is 0 Å². The highest BCUT2D eigenvalue weighted by atomic mass is 19.2. The van der Waals surface area contributed by atoms with Crippen molar-refractivity contribution in [1.29, 1.82) is 0 Å². The molecule has 0 aliphatic heterocycles. The Morgan fingerprint density at radius 1 is 1.26 bits per heavy atom. The Kier molecular flexibility index (Phi) is 4.91. The molecule has 0 radical (unpaired) electrons. The predicted octanol–water partition coefficient (Wildman–Crippen LogP) is 2.09. The van der Waals surface area contributed by atoms with Crippen LogP contribution in [0.5, 0.6) is 0 Å². The van der Waals surface area contributed by atoms with Crippen molar-refractivity contribution in [1.82, 2.24) is 5.32 Å². The lowest BCUT2D eigenvalue weighted by atomic mass is 10.1. The van der Waals surface area contributed by atoms with Crippen LogP contribution in [0, 0.1) is 17.5 Å². The van der Waals surface area contributed by atoms with E-state index < -0.39 is 40.9 Å². The molecule has 0 saturated heterocycles. The molecule has 1 unspecified atom stereocenters. The number of benzene rings is 1. The van der Waals surface area contributed by atoms with Crippen LogP contribution < -0.4 is 5.32 Å². The van der Waals surface area contributed by atoms with Crippen molar-refractivity contribution in [2.24, 2.45) is 0 Å². The summed E-state index contributed by atoms with van der Waals surface area (Å²) >= 11 is 0. The van der Waals surface area contributed by atoms with Crippen molar-refractivity contribution in [2.75, 3.05) is 0 Å². The quantitative estimate of drug-likeness (QED) is 0.808. The number of carbonyl (C=O) groups is 2. The minimum atomic E-state index is -1.68. The van der Waals surface area contributed by atoms with Crippen molar-refractivity contribution in [2.45, 2.75) is 25.8 Å². The number of aliphatic carboxylic acids is 1. The maximum absolute atomic E-state index is 12.9. The van der Waals surface area contributed by atoms with E-state index in [-0.39, 0.29) is 6.42 Å². The van der Waals surface area contributed by atoms with Crippen LogP contribution in [0.25, 0.3) is 0 Å². The number of halogens is 3. The summed E-state index contributed by atoms with van der Waals surface area (Å²) in [6.07, 6.45) is 0.677. The highest BCUT2D eigenvalue weighted by Gasteiger charge is 2.21.